The Hall–Kier alpha value is -0.610. The first-order valence-corrected chi connectivity index (χ1v) is 4.51. The third kappa shape index (κ3) is 2.19. The molecule has 0 bridgehead atoms. The number of aliphatic hydroxyl groups is 1. The Balaban J connectivity index is 2.89. The van der Waals surface area contributed by atoms with E-state index in [4.69, 9.17) is 5.11 Å². The van der Waals surface area contributed by atoms with Gasteiger partial charge in [0.2, 0.25) is 0 Å². The number of rotatable bonds is 3. The molecule has 0 aromatic carbocycles. The molecule has 1 aromatic heterocycles. The Morgan fingerprint density at radius 3 is 2.83 bits per heavy atom. The molecule has 0 atom stereocenters. The van der Waals surface area contributed by atoms with Gasteiger partial charge in [-0.15, -0.1) is 0 Å². The van der Waals surface area contributed by atoms with E-state index in [9.17, 15) is 4.79 Å². The van der Waals surface area contributed by atoms with Gasteiger partial charge in [-0.05, 0) is 28.4 Å². The fourth-order valence-corrected chi connectivity index (χ4v) is 1.45. The predicted octanol–water partition coefficient (Wildman–Crippen LogP) is 0.993. The molecule has 66 valence electrons. The topological polar surface area (TPSA) is 42.2 Å². The highest BCUT2D eigenvalue weighted by atomic mass is 79.9. The second-order valence-electron chi connectivity index (χ2n) is 2.42. The van der Waals surface area contributed by atoms with Crippen molar-refractivity contribution in [3.05, 3.63) is 33.2 Å². The number of pyridine rings is 1. The summed E-state index contributed by atoms with van der Waals surface area (Å²) < 4.78 is 2.33. The lowest BCUT2D eigenvalue weighted by molar-refractivity contribution is 0.278. The van der Waals surface area contributed by atoms with Gasteiger partial charge in [0.05, 0.1) is 4.60 Å². The van der Waals surface area contributed by atoms with Crippen molar-refractivity contribution in [2.45, 2.75) is 13.0 Å². The summed E-state index contributed by atoms with van der Waals surface area (Å²) >= 11 is 3.26. The van der Waals surface area contributed by atoms with Crippen LogP contribution in [0, 0.1) is 0 Å². The SMILES string of the molecule is O=c1cccc(Br)n1CCCO. The molecular weight excluding hydrogens is 222 g/mol. The molecule has 0 radical (unpaired) electrons. The van der Waals surface area contributed by atoms with Crippen molar-refractivity contribution >= 4 is 15.9 Å². The van der Waals surface area contributed by atoms with Crippen LogP contribution >= 0.6 is 15.9 Å². The third-order valence-corrected chi connectivity index (χ3v) is 2.23. The van der Waals surface area contributed by atoms with E-state index in [-0.39, 0.29) is 12.2 Å². The average Bonchev–Trinajstić information content (AvgIpc) is 2.04. The minimum atomic E-state index is -0.0437. The second kappa shape index (κ2) is 4.42. The Kier molecular flexibility index (Phi) is 3.49. The van der Waals surface area contributed by atoms with Crippen LogP contribution in [0.15, 0.2) is 27.6 Å². The van der Waals surface area contributed by atoms with Gasteiger partial charge in [0.1, 0.15) is 0 Å². The molecule has 1 aromatic rings. The Morgan fingerprint density at radius 1 is 1.50 bits per heavy atom. The number of nitrogens with zero attached hydrogens (tertiary/aromatic N) is 1. The van der Waals surface area contributed by atoms with Crippen LogP contribution < -0.4 is 5.56 Å². The molecule has 0 saturated carbocycles. The zero-order valence-electron chi connectivity index (χ0n) is 6.53. The molecule has 12 heavy (non-hydrogen) atoms. The summed E-state index contributed by atoms with van der Waals surface area (Å²) in [6.07, 6.45) is 0.600. The Bertz CT molecular complexity index is 308. The summed E-state index contributed by atoms with van der Waals surface area (Å²) in [6.45, 7) is 0.657. The van der Waals surface area contributed by atoms with Gasteiger partial charge in [0, 0.05) is 19.2 Å². The highest BCUT2D eigenvalue weighted by Gasteiger charge is 1.98. The monoisotopic (exact) mass is 231 g/mol. The van der Waals surface area contributed by atoms with Gasteiger partial charge in [-0.25, -0.2) is 0 Å². The maximum Gasteiger partial charge on any atom is 0.251 e. The van der Waals surface area contributed by atoms with E-state index in [1.807, 2.05) is 0 Å². The van der Waals surface area contributed by atoms with Crippen LogP contribution in [0.25, 0.3) is 0 Å². The van der Waals surface area contributed by atoms with Crippen molar-refractivity contribution in [3.63, 3.8) is 0 Å². The first kappa shape index (κ1) is 9.48. The van der Waals surface area contributed by atoms with Gasteiger partial charge in [-0.1, -0.05) is 6.07 Å². The molecule has 0 aliphatic heterocycles. The third-order valence-electron chi connectivity index (χ3n) is 1.54. The molecule has 0 fully saturated rings. The summed E-state index contributed by atoms with van der Waals surface area (Å²) in [4.78, 5) is 11.2. The van der Waals surface area contributed by atoms with E-state index >= 15 is 0 Å². The van der Waals surface area contributed by atoms with Crippen LogP contribution in [0.2, 0.25) is 0 Å². The van der Waals surface area contributed by atoms with Gasteiger partial charge in [0.25, 0.3) is 5.56 Å². The summed E-state index contributed by atoms with van der Waals surface area (Å²) in [5.41, 5.74) is -0.0437. The Labute approximate surface area is 78.8 Å². The van der Waals surface area contributed by atoms with Crippen molar-refractivity contribution in [3.8, 4) is 0 Å². The number of halogens is 1. The standard InChI is InChI=1S/C8H10BrNO2/c9-7-3-1-4-8(12)10(7)5-2-6-11/h1,3-4,11H,2,5-6H2. The van der Waals surface area contributed by atoms with Crippen LogP contribution in [-0.2, 0) is 6.54 Å². The van der Waals surface area contributed by atoms with E-state index in [1.165, 1.54) is 6.07 Å². The fraction of sp³-hybridized carbons (Fsp3) is 0.375. The number of aromatic nitrogens is 1. The molecule has 4 heteroatoms. The molecule has 3 nitrogen and oxygen atoms in total. The molecule has 0 aliphatic rings. The van der Waals surface area contributed by atoms with E-state index in [1.54, 1.807) is 16.7 Å². The van der Waals surface area contributed by atoms with Gasteiger partial charge in [-0.2, -0.15) is 0 Å². The van der Waals surface area contributed by atoms with Crippen molar-refractivity contribution in [2.75, 3.05) is 6.61 Å². The molecule has 0 aliphatic carbocycles. The zero-order valence-corrected chi connectivity index (χ0v) is 8.12. The second-order valence-corrected chi connectivity index (χ2v) is 3.23. The van der Waals surface area contributed by atoms with Gasteiger partial charge in [-0.3, -0.25) is 4.79 Å². The first-order valence-electron chi connectivity index (χ1n) is 3.72. The lowest BCUT2D eigenvalue weighted by Gasteiger charge is -2.05. The summed E-state index contributed by atoms with van der Waals surface area (Å²) in [6, 6.07) is 5.00. The van der Waals surface area contributed by atoms with Crippen LogP contribution in [0.1, 0.15) is 6.42 Å². The van der Waals surface area contributed by atoms with Crippen molar-refractivity contribution in [1.29, 1.82) is 0 Å². The fourth-order valence-electron chi connectivity index (χ4n) is 0.941. The summed E-state index contributed by atoms with van der Waals surface area (Å²) in [5.74, 6) is 0. The number of aliphatic hydroxyl groups excluding tert-OH is 1. The van der Waals surface area contributed by atoms with E-state index < -0.39 is 0 Å². The molecule has 1 rings (SSSR count). The first-order chi connectivity index (χ1) is 5.75. The van der Waals surface area contributed by atoms with E-state index in [2.05, 4.69) is 15.9 Å². The minimum Gasteiger partial charge on any atom is -0.396 e. The van der Waals surface area contributed by atoms with Crippen LogP contribution in [0.4, 0.5) is 0 Å². The smallest absolute Gasteiger partial charge is 0.251 e. The van der Waals surface area contributed by atoms with Crippen LogP contribution in [0.3, 0.4) is 0 Å². The maximum atomic E-state index is 11.2. The highest BCUT2D eigenvalue weighted by Crippen LogP contribution is 2.05. The van der Waals surface area contributed by atoms with Crippen molar-refractivity contribution in [1.82, 2.24) is 4.57 Å². The van der Waals surface area contributed by atoms with Gasteiger partial charge in [0.15, 0.2) is 0 Å². The Morgan fingerprint density at radius 2 is 2.25 bits per heavy atom. The molecule has 0 amide bonds. The zero-order chi connectivity index (χ0) is 8.97. The lowest BCUT2D eigenvalue weighted by atomic mass is 10.4. The van der Waals surface area contributed by atoms with Gasteiger partial charge >= 0.3 is 0 Å². The van der Waals surface area contributed by atoms with Gasteiger partial charge < -0.3 is 9.67 Å². The highest BCUT2D eigenvalue weighted by molar-refractivity contribution is 9.10. The molecule has 1 N–H and O–H groups in total. The number of hydrogen-bond acceptors (Lipinski definition) is 2. The quantitative estimate of drug-likeness (QED) is 0.789. The summed E-state index contributed by atoms with van der Waals surface area (Å²) in [5, 5.41) is 8.58. The molecule has 0 saturated heterocycles. The average molecular weight is 232 g/mol. The van der Waals surface area contributed by atoms with Crippen LogP contribution in [-0.4, -0.2) is 16.3 Å². The minimum absolute atomic E-state index is 0.0437. The van der Waals surface area contributed by atoms with Crippen LogP contribution in [0.5, 0.6) is 0 Å². The molecule has 0 spiro atoms. The number of hydrogen-bond donors (Lipinski definition) is 1. The van der Waals surface area contributed by atoms with Crippen molar-refractivity contribution in [2.24, 2.45) is 0 Å². The maximum absolute atomic E-state index is 11.2. The normalized spacial score (nSPS) is 10.2. The van der Waals surface area contributed by atoms with E-state index in [0.29, 0.717) is 13.0 Å². The van der Waals surface area contributed by atoms with Crippen molar-refractivity contribution < 1.29 is 5.11 Å². The summed E-state index contributed by atoms with van der Waals surface area (Å²) in [7, 11) is 0. The lowest BCUT2D eigenvalue weighted by Crippen LogP contribution is -2.19. The molecular formula is C8H10BrNO2. The molecule has 0 unspecified atom stereocenters. The largest absolute Gasteiger partial charge is 0.396 e. The predicted molar refractivity (Wildman–Crippen MR) is 50.1 cm³/mol. The van der Waals surface area contributed by atoms with E-state index in [0.717, 1.165) is 4.60 Å². The molecule has 1 heterocycles.